The highest BCUT2D eigenvalue weighted by Gasteiger charge is 2.35. The normalized spacial score (nSPS) is 16.8. The average Bonchev–Trinajstić information content (AvgIpc) is 3.07. The average molecular weight is 393 g/mol. The van der Waals surface area contributed by atoms with Crippen LogP contribution >= 0.6 is 35.4 Å². The summed E-state index contributed by atoms with van der Waals surface area (Å²) in [6.07, 6.45) is 6.06. The van der Waals surface area contributed by atoms with E-state index in [1.807, 2.05) is 0 Å². The van der Waals surface area contributed by atoms with Crippen molar-refractivity contribution in [3.8, 4) is 0 Å². The van der Waals surface area contributed by atoms with Crippen molar-refractivity contribution in [2.75, 3.05) is 4.90 Å². The molecule has 0 atom stereocenters. The standard InChI is InChI=1S/C17H10Cl2N2O3S/c18-12-7-2-8-13(14(12)19)21-16(23)11(15(22)20-17(21)25)6-1-4-10-5-3-9-24-10/h1-9H,(H,20,22,25). The van der Waals surface area contributed by atoms with E-state index in [-0.39, 0.29) is 20.7 Å². The van der Waals surface area contributed by atoms with Crippen LogP contribution in [0.15, 0.2) is 58.7 Å². The monoisotopic (exact) mass is 392 g/mol. The zero-order chi connectivity index (χ0) is 18.0. The molecule has 0 spiro atoms. The van der Waals surface area contributed by atoms with E-state index in [0.29, 0.717) is 11.4 Å². The molecular formula is C17H10Cl2N2O3S. The molecule has 25 heavy (non-hydrogen) atoms. The van der Waals surface area contributed by atoms with E-state index in [2.05, 4.69) is 5.32 Å². The first-order valence-corrected chi connectivity index (χ1v) is 8.21. The molecular weight excluding hydrogens is 383 g/mol. The quantitative estimate of drug-likeness (QED) is 0.487. The van der Waals surface area contributed by atoms with E-state index < -0.39 is 11.8 Å². The van der Waals surface area contributed by atoms with Crippen LogP contribution in [0, 0.1) is 0 Å². The number of benzene rings is 1. The Morgan fingerprint density at radius 3 is 2.68 bits per heavy atom. The molecule has 8 heteroatoms. The smallest absolute Gasteiger partial charge is 0.270 e. The number of allylic oxidation sites excluding steroid dienone is 2. The van der Waals surface area contributed by atoms with E-state index in [0.717, 1.165) is 4.90 Å². The second-order valence-corrected chi connectivity index (χ2v) is 6.10. The van der Waals surface area contributed by atoms with Gasteiger partial charge in [0.15, 0.2) is 5.11 Å². The molecule has 126 valence electrons. The first kappa shape index (κ1) is 17.4. The lowest BCUT2D eigenvalue weighted by atomic mass is 10.1. The van der Waals surface area contributed by atoms with E-state index in [9.17, 15) is 9.59 Å². The van der Waals surface area contributed by atoms with Crippen LogP contribution in [-0.2, 0) is 9.59 Å². The number of carbonyl (C=O) groups is 2. The van der Waals surface area contributed by atoms with E-state index in [1.165, 1.54) is 18.4 Å². The minimum Gasteiger partial charge on any atom is -0.465 e. The number of nitrogens with zero attached hydrogens (tertiary/aromatic N) is 1. The Labute approximate surface area is 158 Å². The highest BCUT2D eigenvalue weighted by Crippen LogP contribution is 2.34. The molecule has 5 nitrogen and oxygen atoms in total. The van der Waals surface area contributed by atoms with Crippen molar-refractivity contribution < 1.29 is 14.0 Å². The van der Waals surface area contributed by atoms with Gasteiger partial charge in [0.1, 0.15) is 11.3 Å². The van der Waals surface area contributed by atoms with E-state index >= 15 is 0 Å². The maximum Gasteiger partial charge on any atom is 0.270 e. The summed E-state index contributed by atoms with van der Waals surface area (Å²) in [7, 11) is 0. The first-order chi connectivity index (χ1) is 12.0. The summed E-state index contributed by atoms with van der Waals surface area (Å²) in [5, 5.41) is 2.85. The molecule has 1 saturated heterocycles. The Kier molecular flexibility index (Phi) is 5.03. The summed E-state index contributed by atoms with van der Waals surface area (Å²) in [6.45, 7) is 0. The first-order valence-electron chi connectivity index (χ1n) is 7.04. The van der Waals surface area contributed by atoms with Gasteiger partial charge >= 0.3 is 0 Å². The summed E-state index contributed by atoms with van der Waals surface area (Å²) >= 11 is 17.3. The molecule has 3 rings (SSSR count). The number of hydrogen-bond acceptors (Lipinski definition) is 4. The van der Waals surface area contributed by atoms with Gasteiger partial charge in [0.05, 0.1) is 22.0 Å². The van der Waals surface area contributed by atoms with Gasteiger partial charge < -0.3 is 4.42 Å². The molecule has 1 aromatic heterocycles. The largest absolute Gasteiger partial charge is 0.465 e. The molecule has 0 unspecified atom stereocenters. The van der Waals surface area contributed by atoms with Crippen LogP contribution in [0.1, 0.15) is 5.76 Å². The number of amides is 2. The van der Waals surface area contributed by atoms with E-state index in [4.69, 9.17) is 39.8 Å². The maximum atomic E-state index is 12.8. The molecule has 0 bridgehead atoms. The van der Waals surface area contributed by atoms with Gasteiger partial charge in [-0.15, -0.1) is 0 Å². The molecule has 0 saturated carbocycles. The number of anilines is 1. The van der Waals surface area contributed by atoms with Gasteiger partial charge in [0.2, 0.25) is 0 Å². The zero-order valence-electron chi connectivity index (χ0n) is 12.5. The summed E-state index contributed by atoms with van der Waals surface area (Å²) in [6, 6.07) is 8.28. The molecule has 1 fully saturated rings. The van der Waals surface area contributed by atoms with Crippen molar-refractivity contribution in [3.63, 3.8) is 0 Å². The minimum absolute atomic E-state index is 0.0636. The molecule has 1 N–H and O–H groups in total. The number of carbonyl (C=O) groups excluding carboxylic acids is 2. The highest BCUT2D eigenvalue weighted by atomic mass is 35.5. The molecule has 1 aromatic carbocycles. The fourth-order valence-corrected chi connectivity index (χ4v) is 2.84. The number of furan rings is 1. The Morgan fingerprint density at radius 1 is 1.16 bits per heavy atom. The molecule has 0 aliphatic carbocycles. The predicted molar refractivity (Wildman–Crippen MR) is 101 cm³/mol. The van der Waals surface area contributed by atoms with Gasteiger partial charge in [0.25, 0.3) is 11.8 Å². The van der Waals surface area contributed by atoms with E-state index in [1.54, 1.807) is 36.4 Å². The van der Waals surface area contributed by atoms with Gasteiger partial charge in [-0.25, -0.2) is 0 Å². The van der Waals surface area contributed by atoms with Crippen LogP contribution in [0.25, 0.3) is 6.08 Å². The molecule has 2 heterocycles. The van der Waals surface area contributed by atoms with Crippen molar-refractivity contribution >= 4 is 64.1 Å². The topological polar surface area (TPSA) is 62.6 Å². The van der Waals surface area contributed by atoms with Crippen LogP contribution in [0.2, 0.25) is 10.0 Å². The minimum atomic E-state index is -0.595. The van der Waals surface area contributed by atoms with Gasteiger partial charge in [-0.05, 0) is 48.6 Å². The van der Waals surface area contributed by atoms with Gasteiger partial charge in [-0.2, -0.15) is 0 Å². The lowest BCUT2D eigenvalue weighted by Crippen LogP contribution is -2.54. The number of thiocarbonyl (C=S) groups is 1. The van der Waals surface area contributed by atoms with Crippen molar-refractivity contribution in [1.29, 1.82) is 0 Å². The lowest BCUT2D eigenvalue weighted by molar-refractivity contribution is -0.122. The highest BCUT2D eigenvalue weighted by molar-refractivity contribution is 7.80. The number of rotatable bonds is 3. The molecule has 1 aliphatic heterocycles. The summed E-state index contributed by atoms with van der Waals surface area (Å²) in [4.78, 5) is 26.0. The SMILES string of the molecule is O=C1NC(=S)N(c2cccc(Cl)c2Cl)C(=O)C1=CC=Cc1ccco1. The molecule has 2 aromatic rings. The van der Waals surface area contributed by atoms with Crippen LogP contribution in [0.3, 0.4) is 0 Å². The summed E-state index contributed by atoms with van der Waals surface area (Å²) < 4.78 is 5.15. The maximum absolute atomic E-state index is 12.8. The van der Waals surface area contributed by atoms with Crippen molar-refractivity contribution in [2.24, 2.45) is 0 Å². The predicted octanol–water partition coefficient (Wildman–Crippen LogP) is 3.97. The van der Waals surface area contributed by atoms with Gasteiger partial charge in [-0.1, -0.05) is 35.3 Å². The molecule has 2 amide bonds. The van der Waals surface area contributed by atoms with Crippen molar-refractivity contribution in [3.05, 3.63) is 70.1 Å². The zero-order valence-corrected chi connectivity index (χ0v) is 14.9. The molecule has 1 aliphatic rings. The Hall–Kier alpha value is -2.41. The van der Waals surface area contributed by atoms with Crippen LogP contribution < -0.4 is 10.2 Å². The van der Waals surface area contributed by atoms with Gasteiger partial charge in [-0.3, -0.25) is 19.8 Å². The number of hydrogen-bond donors (Lipinski definition) is 1. The molecule has 0 radical (unpaired) electrons. The third-order valence-corrected chi connectivity index (χ3v) is 4.43. The second kappa shape index (κ2) is 7.23. The third-order valence-electron chi connectivity index (χ3n) is 3.34. The van der Waals surface area contributed by atoms with Crippen molar-refractivity contribution in [2.45, 2.75) is 0 Å². The summed E-state index contributed by atoms with van der Waals surface area (Å²) in [5.41, 5.74) is 0.206. The number of halogens is 2. The van der Waals surface area contributed by atoms with Crippen LogP contribution in [-0.4, -0.2) is 16.9 Å². The Bertz CT molecular complexity index is 920. The third kappa shape index (κ3) is 3.51. The fourth-order valence-electron chi connectivity index (χ4n) is 2.19. The van der Waals surface area contributed by atoms with Crippen LogP contribution in [0.5, 0.6) is 0 Å². The van der Waals surface area contributed by atoms with Crippen molar-refractivity contribution in [1.82, 2.24) is 5.32 Å². The fraction of sp³-hybridized carbons (Fsp3) is 0. The lowest BCUT2D eigenvalue weighted by Gasteiger charge is -2.29. The number of nitrogens with one attached hydrogen (secondary N) is 1. The second-order valence-electron chi connectivity index (χ2n) is 4.93. The van der Waals surface area contributed by atoms with Gasteiger partial charge in [0, 0.05) is 0 Å². The van der Waals surface area contributed by atoms with Crippen LogP contribution in [0.4, 0.5) is 5.69 Å². The summed E-state index contributed by atoms with van der Waals surface area (Å²) in [5.74, 6) is -0.596. The Morgan fingerprint density at radius 2 is 1.96 bits per heavy atom. The Balaban J connectivity index is 1.95.